The van der Waals surface area contributed by atoms with Gasteiger partial charge in [-0.3, -0.25) is 4.79 Å². The fourth-order valence-electron chi connectivity index (χ4n) is 2.38. The highest BCUT2D eigenvalue weighted by molar-refractivity contribution is 8.13. The van der Waals surface area contributed by atoms with Gasteiger partial charge in [0.15, 0.2) is 5.79 Å². The number of nitrogens with one attached hydrogen (secondary N) is 1. The second-order valence-electron chi connectivity index (χ2n) is 4.83. The Bertz CT molecular complexity index is 323. The minimum absolute atomic E-state index is 0.0474. The maximum Gasteiger partial charge on any atom is 0.279 e. The maximum atomic E-state index is 11.2. The number of allylic oxidation sites excluding steroid dienone is 1. The van der Waals surface area contributed by atoms with Gasteiger partial charge in [0.05, 0.1) is 12.1 Å². The third-order valence-corrected chi connectivity index (χ3v) is 4.27. The van der Waals surface area contributed by atoms with Crippen molar-refractivity contribution in [1.82, 2.24) is 5.32 Å². The lowest BCUT2D eigenvalue weighted by atomic mass is 9.94. The molecule has 101 valence electrons. The highest BCUT2D eigenvalue weighted by atomic mass is 32.2. The molecule has 4 nitrogen and oxygen atoms in total. The van der Waals surface area contributed by atoms with Crippen LogP contribution in [-0.4, -0.2) is 34.0 Å². The van der Waals surface area contributed by atoms with Crippen LogP contribution in [0.2, 0.25) is 0 Å². The van der Waals surface area contributed by atoms with Crippen molar-refractivity contribution in [3.63, 3.8) is 0 Å². The number of ether oxygens (including phenoxy) is 1. The first-order valence-electron chi connectivity index (χ1n) is 6.40. The molecule has 1 radical (unpaired) electrons. The van der Waals surface area contributed by atoms with Crippen LogP contribution in [0.15, 0.2) is 12.7 Å². The van der Waals surface area contributed by atoms with Crippen LogP contribution in [0.25, 0.3) is 0 Å². The van der Waals surface area contributed by atoms with Crippen LogP contribution in [-0.2, 0) is 4.74 Å². The van der Waals surface area contributed by atoms with Crippen molar-refractivity contribution in [1.29, 1.82) is 0 Å². The predicted molar refractivity (Wildman–Crippen MR) is 72.2 cm³/mol. The average Bonchev–Trinajstić information content (AvgIpc) is 2.77. The van der Waals surface area contributed by atoms with Crippen LogP contribution in [0.3, 0.4) is 0 Å². The number of carbonyl (C=O) groups excluding carboxylic acids is 1. The third-order valence-electron chi connectivity index (χ3n) is 3.39. The average molecular weight is 270 g/mol. The lowest BCUT2D eigenvalue weighted by molar-refractivity contribution is -0.254. The van der Waals surface area contributed by atoms with E-state index >= 15 is 0 Å². The van der Waals surface area contributed by atoms with Crippen molar-refractivity contribution in [2.45, 2.75) is 50.0 Å². The number of amides is 1. The number of hydrogen-bond acceptors (Lipinski definition) is 4. The molecule has 0 aromatic rings. The van der Waals surface area contributed by atoms with E-state index in [0.29, 0.717) is 12.2 Å². The van der Waals surface area contributed by atoms with Crippen LogP contribution >= 0.6 is 11.8 Å². The molecule has 2 fully saturated rings. The van der Waals surface area contributed by atoms with Gasteiger partial charge in [-0.15, -0.1) is 6.58 Å². The van der Waals surface area contributed by atoms with Crippen LogP contribution in [0.5, 0.6) is 0 Å². The molecule has 0 saturated carbocycles. The topological polar surface area (TPSA) is 58.6 Å². The highest BCUT2D eigenvalue weighted by Crippen LogP contribution is 2.34. The van der Waals surface area contributed by atoms with Gasteiger partial charge in [-0.2, -0.15) is 0 Å². The van der Waals surface area contributed by atoms with Crippen molar-refractivity contribution in [3.05, 3.63) is 19.1 Å². The molecule has 2 aliphatic heterocycles. The zero-order valence-corrected chi connectivity index (χ0v) is 11.2. The summed E-state index contributed by atoms with van der Waals surface area (Å²) in [6, 6.07) is -0.298. The summed E-state index contributed by atoms with van der Waals surface area (Å²) in [6.45, 7) is 3.70. The quantitative estimate of drug-likeness (QED) is 0.594. The fourth-order valence-corrected chi connectivity index (χ4v) is 3.27. The van der Waals surface area contributed by atoms with E-state index in [1.165, 1.54) is 11.8 Å². The van der Waals surface area contributed by atoms with E-state index in [9.17, 15) is 9.90 Å². The predicted octanol–water partition coefficient (Wildman–Crippen LogP) is 2.24. The molecule has 0 unspecified atom stereocenters. The first-order chi connectivity index (χ1) is 8.64. The Kier molecular flexibility index (Phi) is 4.70. The first-order valence-corrected chi connectivity index (χ1v) is 7.38. The standard InChI is InChI=1S/C13H20NO3S/c1-2-3-4-6-10-7-5-8-13(16,17-10)11-9-18-12(15)14-11/h2,5,10-11,16H,1,3-4,6-9H2,(H,14,15)/t10-,11-,13+/m0/s1. The molecule has 0 aromatic carbocycles. The largest absolute Gasteiger partial charge is 0.364 e. The lowest BCUT2D eigenvalue weighted by Gasteiger charge is -2.40. The van der Waals surface area contributed by atoms with E-state index in [-0.39, 0.29) is 17.4 Å². The van der Waals surface area contributed by atoms with E-state index < -0.39 is 5.79 Å². The molecule has 0 bridgehead atoms. The fraction of sp³-hybridized carbons (Fsp3) is 0.692. The molecule has 2 rings (SSSR count). The third kappa shape index (κ3) is 3.28. The van der Waals surface area contributed by atoms with Crippen LogP contribution in [0, 0.1) is 6.42 Å². The summed E-state index contributed by atoms with van der Waals surface area (Å²) in [5, 5.41) is 13.2. The second kappa shape index (κ2) is 6.08. The SMILES string of the molecule is C=CCCC[C@H]1C[CH]C[C@](O)([C@@H]2CSC(=O)N2)O1. The molecular weight excluding hydrogens is 250 g/mol. The van der Waals surface area contributed by atoms with E-state index in [1.807, 2.05) is 6.08 Å². The van der Waals surface area contributed by atoms with Crippen molar-refractivity contribution in [3.8, 4) is 0 Å². The van der Waals surface area contributed by atoms with E-state index in [1.54, 1.807) is 0 Å². The summed E-state index contributed by atoms with van der Waals surface area (Å²) in [4.78, 5) is 11.2. The Balaban J connectivity index is 1.88. The molecular formula is C13H20NO3S. The van der Waals surface area contributed by atoms with Gasteiger partial charge in [-0.05, 0) is 32.1 Å². The van der Waals surface area contributed by atoms with Crippen LogP contribution < -0.4 is 5.32 Å². The molecule has 2 N–H and O–H groups in total. The molecule has 2 heterocycles. The Morgan fingerprint density at radius 1 is 1.72 bits per heavy atom. The Morgan fingerprint density at radius 2 is 2.56 bits per heavy atom. The summed E-state index contributed by atoms with van der Waals surface area (Å²) in [7, 11) is 0. The molecule has 5 heteroatoms. The molecule has 0 spiro atoms. The van der Waals surface area contributed by atoms with Gasteiger partial charge in [-0.1, -0.05) is 17.8 Å². The smallest absolute Gasteiger partial charge is 0.279 e. The molecule has 2 aliphatic rings. The summed E-state index contributed by atoms with van der Waals surface area (Å²) in [5.74, 6) is -0.654. The molecule has 3 atom stereocenters. The molecule has 18 heavy (non-hydrogen) atoms. The van der Waals surface area contributed by atoms with Gasteiger partial charge >= 0.3 is 0 Å². The summed E-state index contributed by atoms with van der Waals surface area (Å²) < 4.78 is 5.81. The number of rotatable bonds is 5. The van der Waals surface area contributed by atoms with Crippen molar-refractivity contribution >= 4 is 17.0 Å². The first kappa shape index (κ1) is 13.9. The number of hydrogen-bond donors (Lipinski definition) is 2. The van der Waals surface area contributed by atoms with Crippen molar-refractivity contribution in [2.75, 3.05) is 5.75 Å². The summed E-state index contributed by atoms with van der Waals surface area (Å²) >= 11 is 1.20. The van der Waals surface area contributed by atoms with Crippen molar-refractivity contribution in [2.24, 2.45) is 0 Å². The Labute approximate surface area is 112 Å². The minimum Gasteiger partial charge on any atom is -0.364 e. The van der Waals surface area contributed by atoms with Crippen LogP contribution in [0.4, 0.5) is 4.79 Å². The maximum absolute atomic E-state index is 11.2. The molecule has 1 amide bonds. The lowest BCUT2D eigenvalue weighted by Crippen LogP contribution is -2.55. The van der Waals surface area contributed by atoms with Gasteiger partial charge in [0, 0.05) is 12.2 Å². The normalized spacial score (nSPS) is 36.4. The number of aliphatic hydroxyl groups is 1. The van der Waals surface area contributed by atoms with E-state index in [2.05, 4.69) is 18.3 Å². The van der Waals surface area contributed by atoms with Crippen molar-refractivity contribution < 1.29 is 14.6 Å². The van der Waals surface area contributed by atoms with Crippen LogP contribution in [0.1, 0.15) is 32.1 Å². The molecule has 0 aliphatic carbocycles. The second-order valence-corrected chi connectivity index (χ2v) is 5.82. The zero-order valence-electron chi connectivity index (χ0n) is 10.4. The van der Waals surface area contributed by atoms with Gasteiger partial charge in [0.1, 0.15) is 0 Å². The molecule has 0 aromatic heterocycles. The Morgan fingerprint density at radius 3 is 3.22 bits per heavy atom. The van der Waals surface area contributed by atoms with Gasteiger partial charge in [-0.25, -0.2) is 0 Å². The summed E-state index contributed by atoms with van der Waals surface area (Å²) in [5.41, 5.74) is 0. The number of unbranched alkanes of at least 4 members (excludes halogenated alkanes) is 1. The number of carbonyl (C=O) groups is 1. The Hall–Kier alpha value is -0.520. The van der Waals surface area contributed by atoms with Gasteiger partial charge in [0.25, 0.3) is 5.24 Å². The van der Waals surface area contributed by atoms with E-state index in [0.717, 1.165) is 25.7 Å². The zero-order chi connectivity index (χ0) is 13.0. The van der Waals surface area contributed by atoms with Gasteiger partial charge < -0.3 is 15.2 Å². The summed E-state index contributed by atoms with van der Waals surface area (Å²) in [6.07, 6.45) is 8.26. The number of thioether (sulfide) groups is 1. The minimum atomic E-state index is -1.23. The monoisotopic (exact) mass is 270 g/mol. The molecule has 2 saturated heterocycles. The highest BCUT2D eigenvalue weighted by Gasteiger charge is 2.45. The van der Waals surface area contributed by atoms with Gasteiger partial charge in [0.2, 0.25) is 0 Å². The van der Waals surface area contributed by atoms with E-state index in [4.69, 9.17) is 4.74 Å².